The van der Waals surface area contributed by atoms with Crippen molar-refractivity contribution in [3.63, 3.8) is 0 Å². The molecule has 2 aliphatic heterocycles. The van der Waals surface area contributed by atoms with Crippen LogP contribution in [0.1, 0.15) is 49.3 Å². The molecule has 0 spiro atoms. The molecule has 2 fully saturated rings. The molecular weight excluding hydrogens is 276 g/mol. The monoisotopic (exact) mass is 302 g/mol. The fraction of sp³-hybridized carbons (Fsp3) is 0.765. The third kappa shape index (κ3) is 2.56. The first-order valence-corrected chi connectivity index (χ1v) is 8.78. The van der Waals surface area contributed by atoms with Crippen LogP contribution < -0.4 is 0 Å². The average molecular weight is 302 g/mol. The van der Waals surface area contributed by atoms with Gasteiger partial charge in [-0.3, -0.25) is 9.69 Å². The van der Waals surface area contributed by atoms with E-state index in [9.17, 15) is 4.79 Å². The number of H-pyrrole nitrogens is 1. The van der Waals surface area contributed by atoms with E-state index in [0.29, 0.717) is 17.9 Å². The van der Waals surface area contributed by atoms with Gasteiger partial charge in [-0.2, -0.15) is 0 Å². The highest BCUT2D eigenvalue weighted by atomic mass is 16.2. The Morgan fingerprint density at radius 1 is 1.18 bits per heavy atom. The molecule has 4 rings (SSSR count). The van der Waals surface area contributed by atoms with Crippen molar-refractivity contribution >= 4 is 5.91 Å². The molecule has 0 atom stereocenters. The van der Waals surface area contributed by atoms with Crippen molar-refractivity contribution in [2.24, 2.45) is 5.92 Å². The first-order chi connectivity index (χ1) is 10.7. The number of likely N-dealkylation sites (tertiary alicyclic amines) is 1. The number of aromatic amines is 1. The first-order valence-electron chi connectivity index (χ1n) is 8.78. The van der Waals surface area contributed by atoms with E-state index in [1.165, 1.54) is 17.8 Å². The summed E-state index contributed by atoms with van der Waals surface area (Å²) in [6, 6.07) is 0.627. The van der Waals surface area contributed by atoms with Crippen LogP contribution in [0.5, 0.6) is 0 Å². The quantitative estimate of drug-likeness (QED) is 0.907. The van der Waals surface area contributed by atoms with Crippen LogP contribution in [0.2, 0.25) is 0 Å². The predicted molar refractivity (Wildman–Crippen MR) is 84.4 cm³/mol. The summed E-state index contributed by atoms with van der Waals surface area (Å²) in [5.41, 5.74) is 2.56. The van der Waals surface area contributed by atoms with Crippen molar-refractivity contribution in [2.45, 2.75) is 58.0 Å². The number of nitrogens with zero attached hydrogens (tertiary/aromatic N) is 3. The van der Waals surface area contributed by atoms with Gasteiger partial charge in [0.05, 0.1) is 11.4 Å². The minimum absolute atomic E-state index is 0.349. The zero-order valence-corrected chi connectivity index (χ0v) is 13.5. The summed E-state index contributed by atoms with van der Waals surface area (Å²) in [5, 5.41) is 0. The van der Waals surface area contributed by atoms with E-state index in [4.69, 9.17) is 0 Å². The molecule has 1 saturated heterocycles. The number of nitrogens with one attached hydrogen (secondary N) is 1. The molecule has 5 nitrogen and oxygen atoms in total. The largest absolute Gasteiger partial charge is 0.345 e. The zero-order chi connectivity index (χ0) is 15.1. The Bertz CT molecular complexity index is 555. The summed E-state index contributed by atoms with van der Waals surface area (Å²) in [6.45, 7) is 6.04. The molecule has 1 amide bonds. The molecule has 1 aliphatic carbocycles. The lowest BCUT2D eigenvalue weighted by Crippen LogP contribution is -2.49. The lowest BCUT2D eigenvalue weighted by Gasteiger charge is -2.41. The number of carbonyl (C=O) groups excluding carboxylic acids is 1. The van der Waals surface area contributed by atoms with Crippen LogP contribution in [0, 0.1) is 12.8 Å². The highest BCUT2D eigenvalue weighted by Gasteiger charge is 2.34. The minimum Gasteiger partial charge on any atom is -0.345 e. The number of piperidine rings is 1. The van der Waals surface area contributed by atoms with Crippen molar-refractivity contribution in [3.05, 3.63) is 17.2 Å². The van der Waals surface area contributed by atoms with Crippen LogP contribution in [0.4, 0.5) is 0 Å². The molecule has 3 heterocycles. The predicted octanol–water partition coefficient (Wildman–Crippen LogP) is 1.87. The molecule has 0 radical (unpaired) electrons. The average Bonchev–Trinajstić information content (AvgIpc) is 2.84. The van der Waals surface area contributed by atoms with E-state index in [-0.39, 0.29) is 0 Å². The molecule has 22 heavy (non-hydrogen) atoms. The molecule has 1 aromatic rings. The van der Waals surface area contributed by atoms with Gasteiger partial charge in [-0.15, -0.1) is 0 Å². The summed E-state index contributed by atoms with van der Waals surface area (Å²) >= 11 is 0. The molecule has 3 aliphatic rings. The Morgan fingerprint density at radius 2 is 1.95 bits per heavy atom. The molecule has 120 valence electrons. The maximum Gasteiger partial charge on any atom is 0.225 e. The van der Waals surface area contributed by atoms with Gasteiger partial charge >= 0.3 is 0 Å². The van der Waals surface area contributed by atoms with E-state index in [0.717, 1.165) is 64.1 Å². The number of aryl methyl sites for hydroxylation is 1. The summed E-state index contributed by atoms with van der Waals surface area (Å²) in [4.78, 5) is 25.0. The summed E-state index contributed by atoms with van der Waals surface area (Å²) in [7, 11) is 0. The Kier molecular flexibility index (Phi) is 3.68. The normalized spacial score (nSPS) is 24.1. The topological polar surface area (TPSA) is 52.2 Å². The van der Waals surface area contributed by atoms with Gasteiger partial charge in [0.1, 0.15) is 5.82 Å². The number of hydrogen-bond donors (Lipinski definition) is 1. The maximum atomic E-state index is 12.3. The van der Waals surface area contributed by atoms with Crippen molar-refractivity contribution in [1.82, 2.24) is 19.8 Å². The Morgan fingerprint density at radius 3 is 2.64 bits per heavy atom. The molecule has 1 N–H and O–H groups in total. The van der Waals surface area contributed by atoms with Crippen LogP contribution in [0.15, 0.2) is 0 Å². The van der Waals surface area contributed by atoms with Gasteiger partial charge in [0.15, 0.2) is 0 Å². The molecular formula is C17H26N4O. The van der Waals surface area contributed by atoms with E-state index in [1.807, 2.05) is 6.92 Å². The van der Waals surface area contributed by atoms with Gasteiger partial charge in [-0.1, -0.05) is 6.42 Å². The second kappa shape index (κ2) is 5.69. The number of hydrogen-bond acceptors (Lipinski definition) is 3. The molecule has 5 heteroatoms. The molecule has 1 saturated carbocycles. The summed E-state index contributed by atoms with van der Waals surface area (Å²) in [5.74, 6) is 1.81. The van der Waals surface area contributed by atoms with Gasteiger partial charge in [0.25, 0.3) is 0 Å². The van der Waals surface area contributed by atoms with Gasteiger partial charge in [-0.05, 0) is 32.6 Å². The highest BCUT2D eigenvalue weighted by molar-refractivity contribution is 5.79. The first kappa shape index (κ1) is 14.2. The van der Waals surface area contributed by atoms with Gasteiger partial charge in [0.2, 0.25) is 5.91 Å². The fourth-order valence-electron chi connectivity index (χ4n) is 4.13. The van der Waals surface area contributed by atoms with Gasteiger partial charge < -0.3 is 9.88 Å². The lowest BCUT2D eigenvalue weighted by molar-refractivity contribution is -0.139. The van der Waals surface area contributed by atoms with Crippen LogP contribution in [0.3, 0.4) is 0 Å². The lowest BCUT2D eigenvalue weighted by atomic mass is 9.84. The van der Waals surface area contributed by atoms with Crippen LogP contribution in [-0.2, 0) is 17.8 Å². The smallest absolute Gasteiger partial charge is 0.225 e. The third-order valence-corrected chi connectivity index (χ3v) is 5.73. The highest BCUT2D eigenvalue weighted by Crippen LogP contribution is 2.30. The number of imidazole rings is 1. The Balaban J connectivity index is 1.33. The number of amides is 1. The van der Waals surface area contributed by atoms with E-state index >= 15 is 0 Å². The van der Waals surface area contributed by atoms with E-state index < -0.39 is 0 Å². The van der Waals surface area contributed by atoms with Crippen molar-refractivity contribution in [3.8, 4) is 0 Å². The minimum atomic E-state index is 0.349. The van der Waals surface area contributed by atoms with Crippen LogP contribution in [-0.4, -0.2) is 51.4 Å². The number of aromatic nitrogens is 2. The second-order valence-corrected chi connectivity index (χ2v) is 7.15. The SMILES string of the molecule is Cc1nc2c([nH]1)CN(C1CCN(C(=O)C3CCC3)CC1)CC2. The second-order valence-electron chi connectivity index (χ2n) is 7.15. The summed E-state index contributed by atoms with van der Waals surface area (Å²) < 4.78 is 0. The van der Waals surface area contributed by atoms with Crippen molar-refractivity contribution in [1.29, 1.82) is 0 Å². The number of fused-ring (bicyclic) bond motifs is 1. The molecule has 0 aromatic carbocycles. The molecule has 0 unspecified atom stereocenters. The van der Waals surface area contributed by atoms with Crippen molar-refractivity contribution < 1.29 is 4.79 Å². The maximum absolute atomic E-state index is 12.3. The zero-order valence-electron chi connectivity index (χ0n) is 13.5. The standard InChI is InChI=1S/C17H26N4O/c1-12-18-15-7-10-21(11-16(15)19-12)14-5-8-20(9-6-14)17(22)13-3-2-4-13/h13-14H,2-11H2,1H3,(H,18,19). The summed E-state index contributed by atoms with van der Waals surface area (Å²) in [6.07, 6.45) is 6.79. The van der Waals surface area contributed by atoms with Crippen LogP contribution in [0.25, 0.3) is 0 Å². The van der Waals surface area contributed by atoms with E-state index in [2.05, 4.69) is 19.8 Å². The van der Waals surface area contributed by atoms with Crippen LogP contribution >= 0.6 is 0 Å². The third-order valence-electron chi connectivity index (χ3n) is 5.73. The Hall–Kier alpha value is -1.36. The molecule has 1 aromatic heterocycles. The molecule has 0 bridgehead atoms. The van der Waals surface area contributed by atoms with Crippen molar-refractivity contribution in [2.75, 3.05) is 19.6 Å². The number of carbonyl (C=O) groups is 1. The van der Waals surface area contributed by atoms with Gasteiger partial charge in [0, 0.05) is 44.6 Å². The van der Waals surface area contributed by atoms with Gasteiger partial charge in [-0.25, -0.2) is 4.98 Å². The number of rotatable bonds is 2. The van der Waals surface area contributed by atoms with E-state index in [1.54, 1.807) is 0 Å². The fourth-order valence-corrected chi connectivity index (χ4v) is 4.13. The Labute approximate surface area is 132 Å².